The Labute approximate surface area is 199 Å². The number of pyridine rings is 1. The number of halogens is 1. The minimum atomic E-state index is -3.60. The number of sulfonamides is 1. The van der Waals surface area contributed by atoms with Crippen molar-refractivity contribution in [1.29, 1.82) is 0 Å². The average Bonchev–Trinajstić information content (AvgIpc) is 2.77. The van der Waals surface area contributed by atoms with E-state index in [1.54, 1.807) is 48.8 Å². The highest BCUT2D eigenvalue weighted by Gasteiger charge is 2.14. The number of carboxylic acids is 1. The van der Waals surface area contributed by atoms with Crippen molar-refractivity contribution in [2.45, 2.75) is 11.3 Å². The monoisotopic (exact) mass is 565 g/mol. The highest BCUT2D eigenvalue weighted by molar-refractivity contribution is 14.1. The topological polar surface area (TPSA) is 118 Å². The van der Waals surface area contributed by atoms with Crippen LogP contribution in [0.2, 0.25) is 0 Å². The Hall–Kier alpha value is -2.83. The summed E-state index contributed by atoms with van der Waals surface area (Å²) in [6, 6.07) is 17.5. The minimum Gasteiger partial charge on any atom is -0.479 e. The van der Waals surface area contributed by atoms with Gasteiger partial charge in [-0.1, -0.05) is 23.4 Å². The molecule has 0 atom stereocenters. The summed E-state index contributed by atoms with van der Waals surface area (Å²) in [4.78, 5) is 20.0. The molecule has 10 heteroatoms. The van der Waals surface area contributed by atoms with Crippen LogP contribution < -0.4 is 4.72 Å². The van der Waals surface area contributed by atoms with E-state index in [-0.39, 0.29) is 11.4 Å². The maximum absolute atomic E-state index is 12.5. The van der Waals surface area contributed by atoms with E-state index < -0.39 is 22.6 Å². The van der Waals surface area contributed by atoms with Gasteiger partial charge in [-0.2, -0.15) is 0 Å². The van der Waals surface area contributed by atoms with Gasteiger partial charge >= 0.3 is 5.97 Å². The molecule has 0 spiro atoms. The molecule has 1 aromatic heterocycles. The number of aliphatic carboxylic acids is 1. The fourth-order valence-corrected chi connectivity index (χ4v) is 4.22. The van der Waals surface area contributed by atoms with Gasteiger partial charge in [-0.15, -0.1) is 0 Å². The van der Waals surface area contributed by atoms with Gasteiger partial charge in [0.2, 0.25) is 16.6 Å². The van der Waals surface area contributed by atoms with Crippen molar-refractivity contribution in [2.75, 3.05) is 13.2 Å². The molecule has 0 saturated heterocycles. The van der Waals surface area contributed by atoms with E-state index in [0.717, 1.165) is 9.13 Å². The van der Waals surface area contributed by atoms with Crippen molar-refractivity contribution in [1.82, 2.24) is 9.71 Å². The lowest BCUT2D eigenvalue weighted by Crippen LogP contribution is -2.26. The van der Waals surface area contributed by atoms with Crippen LogP contribution in [0.15, 0.2) is 83.1 Å². The van der Waals surface area contributed by atoms with Gasteiger partial charge in [0.15, 0.2) is 0 Å². The predicted octanol–water partition coefficient (Wildman–Crippen LogP) is 3.06. The molecule has 3 rings (SSSR count). The maximum atomic E-state index is 12.5. The van der Waals surface area contributed by atoms with Crippen LogP contribution in [0.4, 0.5) is 0 Å². The zero-order valence-electron chi connectivity index (χ0n) is 16.8. The first kappa shape index (κ1) is 23.8. The Bertz CT molecular complexity index is 1200. The molecule has 166 valence electrons. The van der Waals surface area contributed by atoms with Gasteiger partial charge < -0.3 is 9.94 Å². The highest BCUT2D eigenvalue weighted by Crippen LogP contribution is 2.15. The summed E-state index contributed by atoms with van der Waals surface area (Å²) in [5.74, 6) is -1.13. The normalized spacial score (nSPS) is 11.8. The van der Waals surface area contributed by atoms with Crippen LogP contribution in [-0.4, -0.2) is 43.3 Å². The Morgan fingerprint density at radius 3 is 2.53 bits per heavy atom. The first-order chi connectivity index (χ1) is 15.3. The van der Waals surface area contributed by atoms with E-state index in [1.807, 2.05) is 24.3 Å². The Balaban J connectivity index is 1.74. The summed E-state index contributed by atoms with van der Waals surface area (Å²) in [5.41, 5.74) is 2.67. The molecule has 0 unspecified atom stereocenters. The second-order valence-corrected chi connectivity index (χ2v) is 9.66. The molecule has 0 radical (unpaired) electrons. The van der Waals surface area contributed by atoms with Crippen LogP contribution in [0.1, 0.15) is 16.7 Å². The van der Waals surface area contributed by atoms with Gasteiger partial charge in [0.1, 0.15) is 5.71 Å². The lowest BCUT2D eigenvalue weighted by Gasteiger charge is -2.10. The number of oxime groups is 1. The Kier molecular flexibility index (Phi) is 8.31. The summed E-state index contributed by atoms with van der Waals surface area (Å²) >= 11 is 2.12. The summed E-state index contributed by atoms with van der Waals surface area (Å²) in [6.07, 6.45) is 3.67. The predicted molar refractivity (Wildman–Crippen MR) is 128 cm³/mol. The highest BCUT2D eigenvalue weighted by atomic mass is 127. The van der Waals surface area contributed by atoms with E-state index in [2.05, 4.69) is 37.5 Å². The van der Waals surface area contributed by atoms with Gasteiger partial charge in [0, 0.05) is 33.6 Å². The standard InChI is InChI=1S/C22H20IN3O5S/c23-19-6-8-20(9-7-19)32(29,30)25-12-10-16-3-1-4-17(13-16)22(26-31-15-21(27)28)18-5-2-11-24-14-18/h1-9,11,13-14,25H,10,12,15H2,(H,27,28)/b26-22+. The summed E-state index contributed by atoms with van der Waals surface area (Å²) in [7, 11) is -3.60. The van der Waals surface area contributed by atoms with Crippen molar-refractivity contribution in [2.24, 2.45) is 5.16 Å². The molecule has 0 saturated carbocycles. The van der Waals surface area contributed by atoms with Gasteiger partial charge in [0.25, 0.3) is 0 Å². The number of carboxylic acid groups (broad SMARTS) is 1. The van der Waals surface area contributed by atoms with Crippen LogP contribution in [0.3, 0.4) is 0 Å². The van der Waals surface area contributed by atoms with Crippen LogP contribution in [0, 0.1) is 3.57 Å². The molecule has 0 aliphatic heterocycles. The molecule has 0 aliphatic rings. The molecule has 32 heavy (non-hydrogen) atoms. The molecule has 0 amide bonds. The van der Waals surface area contributed by atoms with Gasteiger partial charge in [-0.25, -0.2) is 17.9 Å². The molecule has 0 bridgehead atoms. The molecular weight excluding hydrogens is 545 g/mol. The summed E-state index contributed by atoms with van der Waals surface area (Å²) in [5, 5.41) is 12.8. The molecule has 8 nitrogen and oxygen atoms in total. The second kappa shape index (κ2) is 11.2. The van der Waals surface area contributed by atoms with Gasteiger partial charge in [-0.3, -0.25) is 4.98 Å². The largest absolute Gasteiger partial charge is 0.479 e. The van der Waals surface area contributed by atoms with Crippen molar-refractivity contribution in [3.8, 4) is 0 Å². The molecule has 0 fully saturated rings. The first-order valence-electron chi connectivity index (χ1n) is 9.52. The zero-order valence-corrected chi connectivity index (χ0v) is 19.8. The number of aromatic nitrogens is 1. The minimum absolute atomic E-state index is 0.215. The van der Waals surface area contributed by atoms with Crippen LogP contribution >= 0.6 is 22.6 Å². The van der Waals surface area contributed by atoms with Crippen molar-refractivity contribution in [3.05, 3.63) is 93.3 Å². The summed E-state index contributed by atoms with van der Waals surface area (Å²) < 4.78 is 28.5. The molecule has 1 heterocycles. The fraction of sp³-hybridized carbons (Fsp3) is 0.136. The van der Waals surface area contributed by atoms with E-state index in [9.17, 15) is 13.2 Å². The van der Waals surface area contributed by atoms with E-state index in [4.69, 9.17) is 9.94 Å². The SMILES string of the molecule is O=C(O)CO/N=C(/c1cccnc1)c1cccc(CCNS(=O)(=O)c2ccc(I)cc2)c1. The number of nitrogens with one attached hydrogen (secondary N) is 1. The first-order valence-corrected chi connectivity index (χ1v) is 12.1. The molecule has 3 aromatic rings. The summed E-state index contributed by atoms with van der Waals surface area (Å²) in [6.45, 7) is -0.351. The third kappa shape index (κ3) is 6.84. The van der Waals surface area contributed by atoms with E-state index in [0.29, 0.717) is 23.3 Å². The lowest BCUT2D eigenvalue weighted by atomic mass is 10.0. The molecule has 0 aliphatic carbocycles. The molecule has 2 N–H and O–H groups in total. The maximum Gasteiger partial charge on any atom is 0.344 e. The van der Waals surface area contributed by atoms with E-state index in [1.165, 1.54) is 0 Å². The van der Waals surface area contributed by atoms with Crippen molar-refractivity contribution < 1.29 is 23.2 Å². The molecular formula is C22H20IN3O5S. The number of nitrogens with zero attached hydrogens (tertiary/aromatic N) is 2. The van der Waals surface area contributed by atoms with E-state index >= 15 is 0 Å². The zero-order chi connectivity index (χ0) is 23.0. The lowest BCUT2D eigenvalue weighted by molar-refractivity contribution is -0.142. The number of benzene rings is 2. The van der Waals surface area contributed by atoms with Crippen LogP contribution in [-0.2, 0) is 26.1 Å². The Morgan fingerprint density at radius 1 is 1.09 bits per heavy atom. The smallest absolute Gasteiger partial charge is 0.344 e. The quantitative estimate of drug-likeness (QED) is 0.222. The number of carbonyl (C=O) groups is 1. The third-order valence-electron chi connectivity index (χ3n) is 4.31. The average molecular weight is 565 g/mol. The molecule has 2 aromatic carbocycles. The van der Waals surface area contributed by atoms with Crippen LogP contribution in [0.5, 0.6) is 0 Å². The fourth-order valence-electron chi connectivity index (χ4n) is 2.83. The van der Waals surface area contributed by atoms with Gasteiger partial charge in [0.05, 0.1) is 4.90 Å². The second-order valence-electron chi connectivity index (χ2n) is 6.65. The van der Waals surface area contributed by atoms with Crippen LogP contribution in [0.25, 0.3) is 0 Å². The van der Waals surface area contributed by atoms with Crippen molar-refractivity contribution in [3.63, 3.8) is 0 Å². The third-order valence-corrected chi connectivity index (χ3v) is 6.51. The van der Waals surface area contributed by atoms with Crippen molar-refractivity contribution >= 4 is 44.3 Å². The number of hydrogen-bond acceptors (Lipinski definition) is 6. The number of hydrogen-bond donors (Lipinski definition) is 2. The Morgan fingerprint density at radius 2 is 1.84 bits per heavy atom. The van der Waals surface area contributed by atoms with Gasteiger partial charge in [-0.05, 0) is 77.0 Å². The number of rotatable bonds is 10.